The van der Waals surface area contributed by atoms with Gasteiger partial charge in [0, 0.05) is 17.8 Å². The molecule has 1 aromatic rings. The maximum atomic E-state index is 8.71. The average Bonchev–Trinajstić information content (AvgIpc) is 1.88. The second-order valence-electron chi connectivity index (χ2n) is 1.53. The SMILES string of the molecule is N=[C]c1ccnc(O)c1. The first kappa shape index (κ1) is 5.75. The molecule has 0 fully saturated rings. The van der Waals surface area contributed by atoms with Crippen LogP contribution in [-0.2, 0) is 0 Å². The summed E-state index contributed by atoms with van der Waals surface area (Å²) in [6.45, 7) is 0. The van der Waals surface area contributed by atoms with Crippen molar-refractivity contribution in [3.05, 3.63) is 23.9 Å². The van der Waals surface area contributed by atoms with Crippen molar-refractivity contribution >= 4 is 6.21 Å². The number of pyridine rings is 1. The molecule has 0 amide bonds. The minimum absolute atomic E-state index is 0.0766. The zero-order valence-electron chi connectivity index (χ0n) is 4.63. The molecule has 0 saturated carbocycles. The van der Waals surface area contributed by atoms with Crippen molar-refractivity contribution in [2.24, 2.45) is 0 Å². The van der Waals surface area contributed by atoms with E-state index in [1.54, 1.807) is 6.07 Å². The van der Waals surface area contributed by atoms with Gasteiger partial charge in [-0.15, -0.1) is 0 Å². The predicted molar refractivity (Wildman–Crippen MR) is 32.7 cm³/mol. The summed E-state index contributed by atoms with van der Waals surface area (Å²) in [5, 5.41) is 15.4. The van der Waals surface area contributed by atoms with Gasteiger partial charge >= 0.3 is 0 Å². The summed E-state index contributed by atoms with van der Waals surface area (Å²) in [4.78, 5) is 3.52. The first-order valence-electron chi connectivity index (χ1n) is 2.40. The molecular formula is C6H5N2O. The Kier molecular flexibility index (Phi) is 1.44. The quantitative estimate of drug-likeness (QED) is 0.536. The Bertz CT molecular complexity index is 222. The number of hydrogen-bond acceptors (Lipinski definition) is 3. The summed E-state index contributed by atoms with van der Waals surface area (Å²) in [7, 11) is 0. The van der Waals surface area contributed by atoms with E-state index in [9.17, 15) is 0 Å². The summed E-state index contributed by atoms with van der Waals surface area (Å²) < 4.78 is 0. The molecule has 0 aromatic carbocycles. The Labute approximate surface area is 52.5 Å². The molecule has 3 heteroatoms. The lowest BCUT2D eigenvalue weighted by Gasteiger charge is -1.88. The van der Waals surface area contributed by atoms with Gasteiger partial charge in [0.2, 0.25) is 5.88 Å². The van der Waals surface area contributed by atoms with E-state index in [4.69, 9.17) is 10.5 Å². The molecule has 0 saturated heterocycles. The van der Waals surface area contributed by atoms with Crippen LogP contribution in [0, 0.1) is 5.41 Å². The predicted octanol–water partition coefficient (Wildman–Crippen LogP) is 0.662. The van der Waals surface area contributed by atoms with Crippen molar-refractivity contribution in [3.8, 4) is 5.88 Å². The fraction of sp³-hybridized carbons (Fsp3) is 0. The average molecular weight is 121 g/mol. The molecule has 1 radical (unpaired) electrons. The van der Waals surface area contributed by atoms with Crippen LogP contribution in [0.1, 0.15) is 5.56 Å². The number of nitrogens with zero attached hydrogens (tertiary/aromatic N) is 1. The summed E-state index contributed by atoms with van der Waals surface area (Å²) in [6.07, 6.45) is 3.54. The standard InChI is InChI=1S/C6H5N2O/c7-4-5-1-2-8-6(9)3-5/h1-3,7H,(H,8,9). The van der Waals surface area contributed by atoms with Gasteiger partial charge in [0.1, 0.15) is 0 Å². The van der Waals surface area contributed by atoms with Crippen molar-refractivity contribution in [1.29, 1.82) is 5.41 Å². The molecule has 0 aliphatic carbocycles. The molecule has 1 rings (SSSR count). The van der Waals surface area contributed by atoms with Crippen LogP contribution in [-0.4, -0.2) is 16.3 Å². The molecule has 0 aliphatic rings. The van der Waals surface area contributed by atoms with Gasteiger partial charge in [0.15, 0.2) is 0 Å². The molecule has 0 bridgehead atoms. The van der Waals surface area contributed by atoms with Crippen LogP contribution in [0.3, 0.4) is 0 Å². The molecule has 1 aromatic heterocycles. The zero-order valence-corrected chi connectivity index (χ0v) is 4.63. The van der Waals surface area contributed by atoms with Gasteiger partial charge in [0.05, 0.1) is 6.21 Å². The van der Waals surface area contributed by atoms with E-state index in [0.717, 1.165) is 0 Å². The molecule has 0 atom stereocenters. The largest absolute Gasteiger partial charge is 0.493 e. The minimum atomic E-state index is -0.0766. The van der Waals surface area contributed by atoms with Gasteiger partial charge in [-0.25, -0.2) is 4.98 Å². The van der Waals surface area contributed by atoms with Crippen molar-refractivity contribution < 1.29 is 5.11 Å². The van der Waals surface area contributed by atoms with Crippen molar-refractivity contribution in [3.63, 3.8) is 0 Å². The van der Waals surface area contributed by atoms with Crippen LogP contribution < -0.4 is 0 Å². The number of hydrogen-bond donors (Lipinski definition) is 2. The highest BCUT2D eigenvalue weighted by atomic mass is 16.3. The maximum Gasteiger partial charge on any atom is 0.211 e. The topological polar surface area (TPSA) is 57.0 Å². The molecule has 0 aliphatic heterocycles. The lowest BCUT2D eigenvalue weighted by molar-refractivity contribution is 0.453. The van der Waals surface area contributed by atoms with Crippen LogP contribution in [0.25, 0.3) is 0 Å². The monoisotopic (exact) mass is 121 g/mol. The van der Waals surface area contributed by atoms with Crippen LogP contribution in [0.5, 0.6) is 5.88 Å². The van der Waals surface area contributed by atoms with Gasteiger partial charge in [0.25, 0.3) is 0 Å². The summed E-state index contributed by atoms with van der Waals surface area (Å²) in [6, 6.07) is 2.96. The molecule has 9 heavy (non-hydrogen) atoms. The van der Waals surface area contributed by atoms with Gasteiger partial charge in [-0.2, -0.15) is 0 Å². The smallest absolute Gasteiger partial charge is 0.211 e. The molecule has 1 heterocycles. The highest BCUT2D eigenvalue weighted by molar-refractivity contribution is 5.76. The Morgan fingerprint density at radius 3 is 2.89 bits per heavy atom. The summed E-state index contributed by atoms with van der Waals surface area (Å²) >= 11 is 0. The normalized spacial score (nSPS) is 8.89. The van der Waals surface area contributed by atoms with E-state index in [1.165, 1.54) is 12.3 Å². The zero-order chi connectivity index (χ0) is 6.69. The Balaban J connectivity index is 3.07. The van der Waals surface area contributed by atoms with E-state index in [1.807, 2.05) is 0 Å². The van der Waals surface area contributed by atoms with Crippen LogP contribution >= 0.6 is 0 Å². The lowest BCUT2D eigenvalue weighted by atomic mass is 10.3. The van der Waals surface area contributed by atoms with Crippen LogP contribution in [0.4, 0.5) is 0 Å². The third-order valence-corrected chi connectivity index (χ3v) is 0.890. The van der Waals surface area contributed by atoms with E-state index >= 15 is 0 Å². The van der Waals surface area contributed by atoms with Crippen molar-refractivity contribution in [2.75, 3.05) is 0 Å². The molecule has 45 valence electrons. The van der Waals surface area contributed by atoms with Crippen molar-refractivity contribution in [1.82, 2.24) is 4.98 Å². The fourth-order valence-corrected chi connectivity index (χ4v) is 0.496. The summed E-state index contributed by atoms with van der Waals surface area (Å²) in [5.74, 6) is -0.0766. The maximum absolute atomic E-state index is 8.71. The van der Waals surface area contributed by atoms with Gasteiger partial charge in [-0.05, 0) is 6.07 Å². The highest BCUT2D eigenvalue weighted by Gasteiger charge is 1.88. The molecular weight excluding hydrogens is 116 g/mol. The van der Waals surface area contributed by atoms with Crippen LogP contribution in [0.15, 0.2) is 18.3 Å². The number of aromatic hydroxyl groups is 1. The minimum Gasteiger partial charge on any atom is -0.493 e. The first-order chi connectivity index (χ1) is 4.33. The fourth-order valence-electron chi connectivity index (χ4n) is 0.496. The third-order valence-electron chi connectivity index (χ3n) is 0.890. The molecule has 3 nitrogen and oxygen atoms in total. The number of nitrogens with one attached hydrogen (secondary N) is 1. The second kappa shape index (κ2) is 2.26. The number of rotatable bonds is 1. The van der Waals surface area contributed by atoms with E-state index in [0.29, 0.717) is 5.56 Å². The first-order valence-corrected chi connectivity index (χ1v) is 2.40. The van der Waals surface area contributed by atoms with Gasteiger partial charge < -0.3 is 5.11 Å². The van der Waals surface area contributed by atoms with Crippen molar-refractivity contribution in [2.45, 2.75) is 0 Å². The Morgan fingerprint density at radius 2 is 2.44 bits per heavy atom. The Morgan fingerprint density at radius 1 is 1.67 bits per heavy atom. The van der Waals surface area contributed by atoms with E-state index in [-0.39, 0.29) is 5.88 Å². The van der Waals surface area contributed by atoms with E-state index < -0.39 is 0 Å². The number of aromatic nitrogens is 1. The molecule has 0 unspecified atom stereocenters. The lowest BCUT2D eigenvalue weighted by Crippen LogP contribution is -1.79. The highest BCUT2D eigenvalue weighted by Crippen LogP contribution is 2.03. The van der Waals surface area contributed by atoms with Crippen LogP contribution in [0.2, 0.25) is 0 Å². The van der Waals surface area contributed by atoms with Gasteiger partial charge in [-0.1, -0.05) is 0 Å². The summed E-state index contributed by atoms with van der Waals surface area (Å²) in [5.41, 5.74) is 0.530. The third kappa shape index (κ3) is 1.25. The Hall–Kier alpha value is -1.38. The van der Waals surface area contributed by atoms with E-state index in [2.05, 4.69) is 11.2 Å². The molecule has 2 N–H and O–H groups in total. The van der Waals surface area contributed by atoms with Gasteiger partial charge in [-0.3, -0.25) is 5.41 Å². The second-order valence-corrected chi connectivity index (χ2v) is 1.53. The molecule has 0 spiro atoms.